The van der Waals surface area contributed by atoms with Crippen molar-refractivity contribution in [1.82, 2.24) is 0 Å². The van der Waals surface area contributed by atoms with Crippen LogP contribution in [0, 0.1) is 0 Å². The minimum Gasteiger partial charge on any atom is -0.462 e. The summed E-state index contributed by atoms with van der Waals surface area (Å²) < 4.78 is 27.5. The van der Waals surface area contributed by atoms with Crippen molar-refractivity contribution in [1.29, 1.82) is 0 Å². The summed E-state index contributed by atoms with van der Waals surface area (Å²) in [7, 11) is -3.29. The molecule has 0 saturated heterocycles. The van der Waals surface area contributed by atoms with Crippen molar-refractivity contribution in [2.45, 2.75) is 18.2 Å². The Morgan fingerprint density at radius 2 is 2.06 bits per heavy atom. The molecule has 0 aromatic heterocycles. The molecular formula is C11H14O4S. The molecule has 5 heteroatoms. The van der Waals surface area contributed by atoms with Crippen LogP contribution < -0.4 is 0 Å². The zero-order valence-corrected chi connectivity index (χ0v) is 10.1. The van der Waals surface area contributed by atoms with E-state index in [0.717, 1.165) is 12.7 Å². The first-order valence-electron chi connectivity index (χ1n) is 4.92. The fourth-order valence-electron chi connectivity index (χ4n) is 1.13. The van der Waals surface area contributed by atoms with Crippen LogP contribution in [0.3, 0.4) is 0 Å². The van der Waals surface area contributed by atoms with Crippen LogP contribution in [-0.4, -0.2) is 27.2 Å². The summed E-state index contributed by atoms with van der Waals surface area (Å²) in [5.41, 5.74) is 0.261. The second-order valence-corrected chi connectivity index (χ2v) is 5.45. The van der Waals surface area contributed by atoms with Crippen LogP contribution in [-0.2, 0) is 14.6 Å². The Morgan fingerprint density at radius 1 is 1.38 bits per heavy atom. The summed E-state index contributed by atoms with van der Waals surface area (Å²) in [5, 5.41) is 0. The molecule has 0 spiro atoms. The molecule has 0 bridgehead atoms. The van der Waals surface area contributed by atoms with Crippen LogP contribution >= 0.6 is 0 Å². The minimum absolute atomic E-state index is 0.124. The van der Waals surface area contributed by atoms with Crippen molar-refractivity contribution >= 4 is 15.8 Å². The topological polar surface area (TPSA) is 60.4 Å². The Morgan fingerprint density at radius 3 is 2.62 bits per heavy atom. The predicted octanol–water partition coefficient (Wildman–Crippen LogP) is 1.66. The second kappa shape index (κ2) is 5.12. The molecule has 0 radical (unpaired) electrons. The van der Waals surface area contributed by atoms with Gasteiger partial charge < -0.3 is 4.74 Å². The first kappa shape index (κ1) is 12.7. The first-order chi connectivity index (χ1) is 7.45. The largest absolute Gasteiger partial charge is 0.462 e. The van der Waals surface area contributed by atoms with Gasteiger partial charge in [0.1, 0.15) is 0 Å². The molecule has 1 rings (SSSR count). The number of rotatable bonds is 4. The van der Waals surface area contributed by atoms with Crippen LogP contribution in [0.1, 0.15) is 23.7 Å². The Labute approximate surface area is 95.2 Å². The third-order valence-electron chi connectivity index (χ3n) is 1.94. The van der Waals surface area contributed by atoms with E-state index in [9.17, 15) is 13.2 Å². The van der Waals surface area contributed by atoms with Gasteiger partial charge in [0.05, 0.1) is 17.1 Å². The van der Waals surface area contributed by atoms with Crippen molar-refractivity contribution < 1.29 is 17.9 Å². The zero-order valence-electron chi connectivity index (χ0n) is 9.26. The van der Waals surface area contributed by atoms with E-state index in [0.29, 0.717) is 6.61 Å². The smallest absolute Gasteiger partial charge is 0.338 e. The quantitative estimate of drug-likeness (QED) is 0.753. The van der Waals surface area contributed by atoms with Crippen LogP contribution in [0.15, 0.2) is 29.2 Å². The average Bonchev–Trinajstić information content (AvgIpc) is 2.25. The van der Waals surface area contributed by atoms with Crippen molar-refractivity contribution in [2.75, 3.05) is 12.9 Å². The monoisotopic (exact) mass is 242 g/mol. The highest BCUT2D eigenvalue weighted by Gasteiger charge is 2.11. The lowest BCUT2D eigenvalue weighted by Crippen LogP contribution is -2.07. The molecule has 0 atom stereocenters. The number of hydrogen-bond donors (Lipinski definition) is 0. The molecule has 0 saturated carbocycles. The summed E-state index contributed by atoms with van der Waals surface area (Å²) in [4.78, 5) is 11.6. The van der Waals surface area contributed by atoms with Crippen LogP contribution in [0.2, 0.25) is 0 Å². The van der Waals surface area contributed by atoms with Gasteiger partial charge in [-0.3, -0.25) is 0 Å². The van der Waals surface area contributed by atoms with Crippen molar-refractivity contribution in [3.05, 3.63) is 29.8 Å². The van der Waals surface area contributed by atoms with E-state index in [2.05, 4.69) is 0 Å². The van der Waals surface area contributed by atoms with E-state index in [1.54, 1.807) is 0 Å². The van der Waals surface area contributed by atoms with Crippen molar-refractivity contribution in [3.63, 3.8) is 0 Å². The van der Waals surface area contributed by atoms with E-state index in [-0.39, 0.29) is 10.5 Å². The molecule has 0 unspecified atom stereocenters. The summed E-state index contributed by atoms with van der Waals surface area (Å²) >= 11 is 0. The van der Waals surface area contributed by atoms with Gasteiger partial charge in [0.15, 0.2) is 9.84 Å². The minimum atomic E-state index is -3.29. The maximum Gasteiger partial charge on any atom is 0.338 e. The lowest BCUT2D eigenvalue weighted by atomic mass is 10.2. The highest BCUT2D eigenvalue weighted by atomic mass is 32.2. The molecule has 88 valence electrons. The number of esters is 1. The fraction of sp³-hybridized carbons (Fsp3) is 0.364. The highest BCUT2D eigenvalue weighted by molar-refractivity contribution is 7.90. The van der Waals surface area contributed by atoms with Gasteiger partial charge in [-0.05, 0) is 24.6 Å². The van der Waals surface area contributed by atoms with E-state index >= 15 is 0 Å². The van der Waals surface area contributed by atoms with Gasteiger partial charge in [0.2, 0.25) is 0 Å². The summed E-state index contributed by atoms with van der Waals surface area (Å²) in [6.07, 6.45) is 1.83. The second-order valence-electron chi connectivity index (χ2n) is 3.44. The van der Waals surface area contributed by atoms with E-state index in [1.165, 1.54) is 24.3 Å². The number of benzene rings is 1. The van der Waals surface area contributed by atoms with Crippen LogP contribution in [0.25, 0.3) is 0 Å². The van der Waals surface area contributed by atoms with Gasteiger partial charge in [0, 0.05) is 6.26 Å². The molecule has 0 fully saturated rings. The van der Waals surface area contributed by atoms with Crippen LogP contribution in [0.4, 0.5) is 0 Å². The molecule has 1 aromatic rings. The van der Waals surface area contributed by atoms with Crippen molar-refractivity contribution in [2.24, 2.45) is 0 Å². The van der Waals surface area contributed by atoms with Gasteiger partial charge in [0.25, 0.3) is 0 Å². The molecule has 0 aliphatic heterocycles. The number of hydrogen-bond acceptors (Lipinski definition) is 4. The zero-order chi connectivity index (χ0) is 12.2. The van der Waals surface area contributed by atoms with E-state index < -0.39 is 15.8 Å². The van der Waals surface area contributed by atoms with Gasteiger partial charge in [-0.25, -0.2) is 13.2 Å². The molecule has 16 heavy (non-hydrogen) atoms. The highest BCUT2D eigenvalue weighted by Crippen LogP contribution is 2.12. The fourth-order valence-corrected chi connectivity index (χ4v) is 1.80. The Balaban J connectivity index is 2.95. The first-order valence-corrected chi connectivity index (χ1v) is 6.81. The molecule has 0 aliphatic rings. The number of carbonyl (C=O) groups excluding carboxylic acids is 1. The average molecular weight is 242 g/mol. The van der Waals surface area contributed by atoms with Gasteiger partial charge in [-0.1, -0.05) is 13.0 Å². The molecule has 4 nitrogen and oxygen atoms in total. The lowest BCUT2D eigenvalue weighted by molar-refractivity contribution is 0.0505. The van der Waals surface area contributed by atoms with E-state index in [1.807, 2.05) is 6.92 Å². The third kappa shape index (κ3) is 3.34. The molecule has 1 aromatic carbocycles. The maximum atomic E-state index is 11.5. The molecule has 0 heterocycles. The molecule has 0 amide bonds. The summed E-state index contributed by atoms with van der Waals surface area (Å²) in [6.45, 7) is 2.22. The molecule has 0 aliphatic carbocycles. The van der Waals surface area contributed by atoms with Crippen LogP contribution in [0.5, 0.6) is 0 Å². The number of ether oxygens (including phenoxy) is 1. The summed E-state index contributed by atoms with van der Waals surface area (Å²) in [6, 6.07) is 5.84. The Bertz CT molecular complexity index is 477. The Kier molecular flexibility index (Phi) is 4.06. The number of carbonyl (C=O) groups is 1. The van der Waals surface area contributed by atoms with E-state index in [4.69, 9.17) is 4.74 Å². The SMILES string of the molecule is CCCOC(=O)c1cccc(S(C)(=O)=O)c1. The predicted molar refractivity (Wildman–Crippen MR) is 60.1 cm³/mol. The van der Waals surface area contributed by atoms with Gasteiger partial charge >= 0.3 is 5.97 Å². The lowest BCUT2D eigenvalue weighted by Gasteiger charge is -2.04. The van der Waals surface area contributed by atoms with Crippen molar-refractivity contribution in [3.8, 4) is 0 Å². The van der Waals surface area contributed by atoms with Gasteiger partial charge in [-0.15, -0.1) is 0 Å². The maximum absolute atomic E-state index is 11.5. The van der Waals surface area contributed by atoms with Gasteiger partial charge in [-0.2, -0.15) is 0 Å². The summed E-state index contributed by atoms with van der Waals surface area (Å²) in [5.74, 6) is -0.493. The number of sulfone groups is 1. The standard InChI is InChI=1S/C11H14O4S/c1-3-7-15-11(12)9-5-4-6-10(8-9)16(2,13)14/h4-6,8H,3,7H2,1-2H3. The normalized spacial score (nSPS) is 11.1. The third-order valence-corrected chi connectivity index (χ3v) is 3.05. The molecule has 0 N–H and O–H groups in total. The Hall–Kier alpha value is -1.36. The molecular weight excluding hydrogens is 228 g/mol.